The third-order valence-corrected chi connectivity index (χ3v) is 4.64. The van der Waals surface area contributed by atoms with Gasteiger partial charge in [0.1, 0.15) is 5.75 Å². The highest BCUT2D eigenvalue weighted by Crippen LogP contribution is 2.25. The number of likely N-dealkylation sites (tertiary alicyclic amines) is 1. The van der Waals surface area contributed by atoms with Gasteiger partial charge in [0.25, 0.3) is 0 Å². The number of nitrogens with zero attached hydrogens (tertiary/aromatic N) is 1. The number of hydrogen-bond acceptors (Lipinski definition) is 4. The Morgan fingerprint density at radius 3 is 2.80 bits per heavy atom. The van der Waals surface area contributed by atoms with Gasteiger partial charge in [0.05, 0.1) is 25.9 Å². The van der Waals surface area contributed by atoms with Gasteiger partial charge in [0.15, 0.2) is 0 Å². The normalized spacial score (nSPS) is 17.8. The van der Waals surface area contributed by atoms with E-state index in [9.17, 15) is 9.59 Å². The largest absolute Gasteiger partial charge is 0.495 e. The van der Waals surface area contributed by atoms with Crippen molar-refractivity contribution in [2.75, 3.05) is 32.1 Å². The van der Waals surface area contributed by atoms with Crippen molar-refractivity contribution in [3.05, 3.63) is 23.8 Å². The Balaban J connectivity index is 1.81. The molecule has 0 aliphatic carbocycles. The van der Waals surface area contributed by atoms with Crippen molar-refractivity contribution in [2.45, 2.75) is 45.6 Å². The molecule has 0 aromatic heterocycles. The molecule has 1 saturated heterocycles. The number of piperidine rings is 1. The molecule has 1 heterocycles. The Hall–Kier alpha value is -2.08. The Labute approximate surface area is 149 Å². The topological polar surface area (TPSA) is 70.7 Å². The zero-order valence-electron chi connectivity index (χ0n) is 15.4. The number of amides is 2. The zero-order chi connectivity index (χ0) is 18.2. The van der Waals surface area contributed by atoms with Crippen LogP contribution in [0.2, 0.25) is 0 Å². The molecule has 0 spiro atoms. The van der Waals surface area contributed by atoms with Crippen molar-refractivity contribution in [3.8, 4) is 5.75 Å². The maximum absolute atomic E-state index is 12.1. The van der Waals surface area contributed by atoms with Gasteiger partial charge in [-0.25, -0.2) is 0 Å². The van der Waals surface area contributed by atoms with Crippen molar-refractivity contribution in [3.63, 3.8) is 0 Å². The van der Waals surface area contributed by atoms with Crippen LogP contribution in [-0.2, 0) is 9.59 Å². The van der Waals surface area contributed by atoms with Crippen LogP contribution in [0.15, 0.2) is 18.2 Å². The quantitative estimate of drug-likeness (QED) is 0.794. The van der Waals surface area contributed by atoms with Gasteiger partial charge in [-0.15, -0.1) is 0 Å². The van der Waals surface area contributed by atoms with Crippen LogP contribution in [0.4, 0.5) is 5.69 Å². The molecular formula is C19H29N3O3. The number of anilines is 1. The van der Waals surface area contributed by atoms with Crippen LogP contribution < -0.4 is 15.4 Å². The first-order chi connectivity index (χ1) is 12.0. The molecule has 1 aromatic rings. The molecule has 1 aromatic carbocycles. The van der Waals surface area contributed by atoms with Crippen LogP contribution in [0.25, 0.3) is 0 Å². The standard InChI is InChI=1S/C19H29N3O3/c1-4-15-7-5-6-10-22(15)13-19(24)20-12-18(23)21-16-11-14(2)8-9-17(16)25-3/h8-9,11,15H,4-7,10,12-13H2,1-3H3,(H,20,24)(H,21,23). The van der Waals surface area contributed by atoms with Gasteiger partial charge < -0.3 is 15.4 Å². The minimum atomic E-state index is -0.261. The first kappa shape index (κ1) is 19.2. The molecule has 2 rings (SSSR count). The number of carbonyl (C=O) groups is 2. The van der Waals surface area contributed by atoms with E-state index >= 15 is 0 Å². The number of ether oxygens (including phenoxy) is 1. The minimum Gasteiger partial charge on any atom is -0.495 e. The van der Waals surface area contributed by atoms with Crippen LogP contribution in [0, 0.1) is 6.92 Å². The van der Waals surface area contributed by atoms with E-state index in [0.29, 0.717) is 24.0 Å². The van der Waals surface area contributed by atoms with E-state index in [1.165, 1.54) is 6.42 Å². The predicted molar refractivity (Wildman–Crippen MR) is 98.9 cm³/mol. The smallest absolute Gasteiger partial charge is 0.243 e. The molecule has 6 heteroatoms. The zero-order valence-corrected chi connectivity index (χ0v) is 15.4. The number of benzene rings is 1. The second-order valence-electron chi connectivity index (χ2n) is 6.56. The molecule has 25 heavy (non-hydrogen) atoms. The Bertz CT molecular complexity index is 604. The summed E-state index contributed by atoms with van der Waals surface area (Å²) in [5.41, 5.74) is 1.64. The first-order valence-corrected chi connectivity index (χ1v) is 8.98. The molecule has 0 radical (unpaired) electrons. The van der Waals surface area contributed by atoms with E-state index in [0.717, 1.165) is 31.4 Å². The highest BCUT2D eigenvalue weighted by atomic mass is 16.5. The fourth-order valence-electron chi connectivity index (χ4n) is 3.26. The Morgan fingerprint density at radius 2 is 2.08 bits per heavy atom. The molecule has 6 nitrogen and oxygen atoms in total. The lowest BCUT2D eigenvalue weighted by Crippen LogP contribution is -2.46. The summed E-state index contributed by atoms with van der Waals surface area (Å²) in [6, 6.07) is 6.05. The number of methoxy groups -OCH3 is 1. The van der Waals surface area contributed by atoms with E-state index in [1.54, 1.807) is 7.11 Å². The lowest BCUT2D eigenvalue weighted by Gasteiger charge is -2.34. The summed E-state index contributed by atoms with van der Waals surface area (Å²) in [5.74, 6) is 0.235. The van der Waals surface area contributed by atoms with E-state index < -0.39 is 0 Å². The number of aryl methyl sites for hydroxylation is 1. The molecule has 1 aliphatic rings. The van der Waals surface area contributed by atoms with E-state index in [4.69, 9.17) is 4.74 Å². The lowest BCUT2D eigenvalue weighted by molar-refractivity contribution is -0.125. The summed E-state index contributed by atoms with van der Waals surface area (Å²) in [5, 5.41) is 5.50. The molecule has 1 atom stereocenters. The molecule has 0 bridgehead atoms. The fourth-order valence-corrected chi connectivity index (χ4v) is 3.26. The summed E-state index contributed by atoms with van der Waals surface area (Å²) in [6.45, 7) is 5.38. The molecule has 1 aliphatic heterocycles. The first-order valence-electron chi connectivity index (χ1n) is 8.98. The van der Waals surface area contributed by atoms with Crippen LogP contribution in [0.1, 0.15) is 38.2 Å². The third kappa shape index (κ3) is 5.74. The third-order valence-electron chi connectivity index (χ3n) is 4.64. The number of rotatable bonds is 7. The highest BCUT2D eigenvalue weighted by molar-refractivity contribution is 5.96. The van der Waals surface area contributed by atoms with Crippen molar-refractivity contribution in [1.29, 1.82) is 0 Å². The van der Waals surface area contributed by atoms with Gasteiger partial charge in [-0.2, -0.15) is 0 Å². The summed E-state index contributed by atoms with van der Waals surface area (Å²) in [6.07, 6.45) is 4.58. The maximum Gasteiger partial charge on any atom is 0.243 e. The predicted octanol–water partition coefficient (Wildman–Crippen LogP) is 2.32. The molecule has 1 unspecified atom stereocenters. The molecule has 0 saturated carbocycles. The summed E-state index contributed by atoms with van der Waals surface area (Å²) >= 11 is 0. The van der Waals surface area contributed by atoms with E-state index in [-0.39, 0.29) is 18.4 Å². The van der Waals surface area contributed by atoms with Gasteiger partial charge >= 0.3 is 0 Å². The number of carbonyl (C=O) groups excluding carboxylic acids is 2. The van der Waals surface area contributed by atoms with Gasteiger partial charge in [-0.1, -0.05) is 19.4 Å². The van der Waals surface area contributed by atoms with Crippen LogP contribution in [0.5, 0.6) is 5.75 Å². The monoisotopic (exact) mass is 347 g/mol. The van der Waals surface area contributed by atoms with Gasteiger partial charge in [0, 0.05) is 6.04 Å². The van der Waals surface area contributed by atoms with Crippen LogP contribution in [-0.4, -0.2) is 49.5 Å². The average molecular weight is 347 g/mol. The fraction of sp³-hybridized carbons (Fsp3) is 0.579. The Morgan fingerprint density at radius 1 is 1.28 bits per heavy atom. The molecule has 138 valence electrons. The van der Waals surface area contributed by atoms with Crippen LogP contribution >= 0.6 is 0 Å². The minimum absolute atomic E-state index is 0.0411. The molecule has 2 amide bonds. The van der Waals surface area contributed by atoms with Crippen molar-refractivity contribution < 1.29 is 14.3 Å². The average Bonchev–Trinajstić information content (AvgIpc) is 2.60. The van der Waals surface area contributed by atoms with Crippen molar-refractivity contribution in [2.24, 2.45) is 0 Å². The number of nitrogens with one attached hydrogen (secondary N) is 2. The lowest BCUT2D eigenvalue weighted by atomic mass is 10.0. The molecule has 2 N–H and O–H groups in total. The van der Waals surface area contributed by atoms with Gasteiger partial charge in [-0.3, -0.25) is 14.5 Å². The summed E-state index contributed by atoms with van der Waals surface area (Å²) < 4.78 is 5.24. The van der Waals surface area contributed by atoms with Crippen molar-refractivity contribution in [1.82, 2.24) is 10.2 Å². The summed E-state index contributed by atoms with van der Waals surface area (Å²) in [4.78, 5) is 26.5. The second-order valence-corrected chi connectivity index (χ2v) is 6.56. The molecule has 1 fully saturated rings. The van der Waals surface area contributed by atoms with Crippen LogP contribution in [0.3, 0.4) is 0 Å². The molecular weight excluding hydrogens is 318 g/mol. The summed E-state index contributed by atoms with van der Waals surface area (Å²) in [7, 11) is 1.56. The Kier molecular flexibility index (Phi) is 7.25. The van der Waals surface area contributed by atoms with Crippen molar-refractivity contribution >= 4 is 17.5 Å². The van der Waals surface area contributed by atoms with E-state index in [2.05, 4.69) is 22.5 Å². The van der Waals surface area contributed by atoms with Gasteiger partial charge in [-0.05, 0) is 50.4 Å². The highest BCUT2D eigenvalue weighted by Gasteiger charge is 2.22. The van der Waals surface area contributed by atoms with Gasteiger partial charge in [0.2, 0.25) is 11.8 Å². The second kappa shape index (κ2) is 9.42. The maximum atomic E-state index is 12.1. The SMILES string of the molecule is CCC1CCCCN1CC(=O)NCC(=O)Nc1cc(C)ccc1OC. The number of hydrogen-bond donors (Lipinski definition) is 2. The van der Waals surface area contributed by atoms with E-state index in [1.807, 2.05) is 25.1 Å².